The van der Waals surface area contributed by atoms with Gasteiger partial charge in [0.2, 0.25) is 0 Å². The maximum Gasteiger partial charge on any atom is 0.363 e. The molecule has 0 atom stereocenters. The summed E-state index contributed by atoms with van der Waals surface area (Å²) in [5.74, 6) is -0.841. The normalized spacial score (nSPS) is 10.8. The Bertz CT molecular complexity index is 448. The molecule has 0 aliphatic heterocycles. The highest BCUT2D eigenvalue weighted by atomic mass is 35.5. The molecule has 0 heterocycles. The highest BCUT2D eigenvalue weighted by Gasteiger charge is 2.35. The standard InChI is InChI=1S/C10H10Cl2N2O4/c1-2-18-9(15)10(11,12)13-7-3-5-8(6-4-7)14(16)17/h3-6,13H,2H2,1H3. The Labute approximate surface area is 113 Å². The number of rotatable bonds is 5. The van der Waals surface area contributed by atoms with Crippen LogP contribution < -0.4 is 5.32 Å². The van der Waals surface area contributed by atoms with Gasteiger partial charge in [-0.1, -0.05) is 23.2 Å². The van der Waals surface area contributed by atoms with E-state index in [2.05, 4.69) is 10.1 Å². The Hall–Kier alpha value is -1.53. The van der Waals surface area contributed by atoms with Gasteiger partial charge in [0.1, 0.15) is 0 Å². The number of nitrogens with one attached hydrogen (secondary N) is 1. The number of esters is 1. The van der Waals surface area contributed by atoms with Gasteiger partial charge < -0.3 is 10.1 Å². The van der Waals surface area contributed by atoms with Crippen molar-refractivity contribution in [3.05, 3.63) is 34.4 Å². The highest BCUT2D eigenvalue weighted by Crippen LogP contribution is 2.26. The number of non-ortho nitro benzene ring substituents is 1. The molecular formula is C10H10Cl2N2O4. The minimum absolute atomic E-state index is 0.0774. The summed E-state index contributed by atoms with van der Waals surface area (Å²) in [4.78, 5) is 21.3. The van der Waals surface area contributed by atoms with E-state index in [1.54, 1.807) is 6.92 Å². The van der Waals surface area contributed by atoms with Crippen molar-refractivity contribution in [1.29, 1.82) is 0 Å². The molecule has 0 saturated carbocycles. The van der Waals surface area contributed by atoms with Crippen LogP contribution in [-0.2, 0) is 9.53 Å². The number of nitro benzene ring substituents is 1. The monoisotopic (exact) mass is 292 g/mol. The molecule has 0 radical (unpaired) electrons. The molecule has 0 saturated heterocycles. The van der Waals surface area contributed by atoms with Gasteiger partial charge in [-0.3, -0.25) is 10.1 Å². The fourth-order valence-corrected chi connectivity index (χ4v) is 1.45. The van der Waals surface area contributed by atoms with Crippen molar-refractivity contribution >= 4 is 40.5 Å². The number of carbonyl (C=O) groups is 1. The average Bonchev–Trinajstić information content (AvgIpc) is 2.29. The van der Waals surface area contributed by atoms with Crippen LogP contribution in [0, 0.1) is 10.1 Å². The number of nitro groups is 1. The number of ether oxygens (including phenoxy) is 1. The fraction of sp³-hybridized carbons (Fsp3) is 0.300. The number of hydrogen-bond donors (Lipinski definition) is 1. The van der Waals surface area contributed by atoms with E-state index < -0.39 is 15.3 Å². The van der Waals surface area contributed by atoms with E-state index in [9.17, 15) is 14.9 Å². The van der Waals surface area contributed by atoms with E-state index in [0.29, 0.717) is 5.69 Å². The molecule has 1 aromatic carbocycles. The quantitative estimate of drug-likeness (QED) is 0.297. The largest absolute Gasteiger partial charge is 0.462 e. The molecule has 18 heavy (non-hydrogen) atoms. The van der Waals surface area contributed by atoms with Crippen LogP contribution in [0.5, 0.6) is 0 Å². The lowest BCUT2D eigenvalue weighted by atomic mass is 10.3. The lowest BCUT2D eigenvalue weighted by Gasteiger charge is -2.19. The second-order valence-electron chi connectivity index (χ2n) is 3.22. The Morgan fingerprint density at radius 3 is 2.44 bits per heavy atom. The number of carbonyl (C=O) groups excluding carboxylic acids is 1. The van der Waals surface area contributed by atoms with Crippen LogP contribution in [0.4, 0.5) is 11.4 Å². The Kier molecular flexibility index (Phi) is 4.75. The lowest BCUT2D eigenvalue weighted by Crippen LogP contribution is -2.36. The molecule has 8 heteroatoms. The number of hydrogen-bond acceptors (Lipinski definition) is 5. The van der Waals surface area contributed by atoms with Gasteiger partial charge in [-0.25, -0.2) is 4.79 Å². The number of nitrogens with zero attached hydrogens (tertiary/aromatic N) is 1. The Morgan fingerprint density at radius 1 is 1.44 bits per heavy atom. The van der Waals surface area contributed by atoms with Crippen LogP contribution in [0.15, 0.2) is 24.3 Å². The molecule has 0 aliphatic carbocycles. The third kappa shape index (κ3) is 3.75. The molecule has 6 nitrogen and oxygen atoms in total. The van der Waals surface area contributed by atoms with Gasteiger partial charge in [-0.05, 0) is 19.1 Å². The van der Waals surface area contributed by atoms with Crippen molar-refractivity contribution in [3.63, 3.8) is 0 Å². The molecule has 1 aromatic rings. The second kappa shape index (κ2) is 5.88. The average molecular weight is 293 g/mol. The zero-order chi connectivity index (χ0) is 13.8. The molecule has 0 unspecified atom stereocenters. The summed E-state index contributed by atoms with van der Waals surface area (Å²) < 4.78 is 2.73. The van der Waals surface area contributed by atoms with Crippen LogP contribution in [0.3, 0.4) is 0 Å². The zero-order valence-corrected chi connectivity index (χ0v) is 10.9. The molecule has 0 spiro atoms. The molecule has 0 aliphatic rings. The van der Waals surface area contributed by atoms with E-state index in [1.165, 1.54) is 24.3 Å². The second-order valence-corrected chi connectivity index (χ2v) is 4.55. The van der Waals surface area contributed by atoms with E-state index in [-0.39, 0.29) is 12.3 Å². The number of benzene rings is 1. The van der Waals surface area contributed by atoms with E-state index in [1.807, 2.05) is 0 Å². The molecule has 1 rings (SSSR count). The fourth-order valence-electron chi connectivity index (χ4n) is 1.12. The summed E-state index contributed by atoms with van der Waals surface area (Å²) in [5, 5.41) is 13.0. The van der Waals surface area contributed by atoms with Crippen molar-refractivity contribution in [1.82, 2.24) is 0 Å². The van der Waals surface area contributed by atoms with Gasteiger partial charge in [-0.15, -0.1) is 0 Å². The SMILES string of the molecule is CCOC(=O)C(Cl)(Cl)Nc1ccc([N+](=O)[O-])cc1. The summed E-state index contributed by atoms with van der Waals surface area (Å²) in [6.45, 7) is 1.76. The summed E-state index contributed by atoms with van der Waals surface area (Å²) in [6, 6.07) is 5.29. The predicted molar refractivity (Wildman–Crippen MR) is 67.8 cm³/mol. The van der Waals surface area contributed by atoms with Gasteiger partial charge >= 0.3 is 5.97 Å². The van der Waals surface area contributed by atoms with E-state index >= 15 is 0 Å². The van der Waals surface area contributed by atoms with Crippen molar-refractivity contribution in [3.8, 4) is 0 Å². The topological polar surface area (TPSA) is 81.5 Å². The minimum atomic E-state index is -1.94. The van der Waals surface area contributed by atoms with E-state index in [0.717, 1.165) is 0 Å². The number of alkyl halides is 2. The van der Waals surface area contributed by atoms with Crippen molar-refractivity contribution < 1.29 is 14.5 Å². The van der Waals surface area contributed by atoms with Gasteiger partial charge in [0, 0.05) is 17.8 Å². The predicted octanol–water partition coefficient (Wildman–Crippen LogP) is 2.70. The summed E-state index contributed by atoms with van der Waals surface area (Å²) in [7, 11) is 0. The molecular weight excluding hydrogens is 283 g/mol. The van der Waals surface area contributed by atoms with Crippen LogP contribution >= 0.6 is 23.2 Å². The van der Waals surface area contributed by atoms with Crippen molar-refractivity contribution in [2.45, 2.75) is 11.4 Å². The van der Waals surface area contributed by atoms with Crippen molar-refractivity contribution in [2.75, 3.05) is 11.9 Å². The molecule has 0 fully saturated rings. The van der Waals surface area contributed by atoms with Gasteiger partial charge in [0.05, 0.1) is 11.5 Å². The summed E-state index contributed by atoms with van der Waals surface area (Å²) in [5.41, 5.74) is 0.282. The number of anilines is 1. The van der Waals surface area contributed by atoms with Gasteiger partial charge in [0.15, 0.2) is 0 Å². The van der Waals surface area contributed by atoms with Gasteiger partial charge in [0.25, 0.3) is 10.1 Å². The Balaban J connectivity index is 2.78. The van der Waals surface area contributed by atoms with Crippen LogP contribution in [0.2, 0.25) is 0 Å². The summed E-state index contributed by atoms with van der Waals surface area (Å²) in [6.07, 6.45) is 0. The molecule has 98 valence electrons. The molecule has 0 aromatic heterocycles. The maximum atomic E-state index is 11.4. The highest BCUT2D eigenvalue weighted by molar-refractivity contribution is 6.58. The molecule has 0 amide bonds. The lowest BCUT2D eigenvalue weighted by molar-refractivity contribution is -0.384. The maximum absolute atomic E-state index is 11.4. The first-order valence-electron chi connectivity index (χ1n) is 4.94. The summed E-state index contributed by atoms with van der Waals surface area (Å²) >= 11 is 11.5. The first-order chi connectivity index (χ1) is 8.36. The minimum Gasteiger partial charge on any atom is -0.462 e. The van der Waals surface area contributed by atoms with Gasteiger partial charge in [-0.2, -0.15) is 0 Å². The number of halogens is 2. The molecule has 1 N–H and O–H groups in total. The van der Waals surface area contributed by atoms with Crippen LogP contribution in [0.25, 0.3) is 0 Å². The first kappa shape index (κ1) is 14.5. The van der Waals surface area contributed by atoms with E-state index in [4.69, 9.17) is 23.2 Å². The third-order valence-corrected chi connectivity index (χ3v) is 2.41. The van der Waals surface area contributed by atoms with Crippen molar-refractivity contribution in [2.24, 2.45) is 0 Å². The zero-order valence-electron chi connectivity index (χ0n) is 9.35. The van der Waals surface area contributed by atoms with Crippen LogP contribution in [0.1, 0.15) is 6.92 Å². The first-order valence-corrected chi connectivity index (χ1v) is 5.70. The Morgan fingerprint density at radius 2 is 2.00 bits per heavy atom. The smallest absolute Gasteiger partial charge is 0.363 e. The third-order valence-electron chi connectivity index (χ3n) is 1.91. The van der Waals surface area contributed by atoms with Crippen LogP contribution in [-0.4, -0.2) is 22.0 Å². The molecule has 0 bridgehead atoms.